The first-order valence-electron chi connectivity index (χ1n) is 7.60. The zero-order valence-corrected chi connectivity index (χ0v) is 12.9. The van der Waals surface area contributed by atoms with E-state index < -0.39 is 0 Å². The van der Waals surface area contributed by atoms with Gasteiger partial charge in [-0.2, -0.15) is 5.26 Å². The zero-order valence-electron chi connectivity index (χ0n) is 12.9. The molecule has 112 valence electrons. The molecule has 1 fully saturated rings. The predicted octanol–water partition coefficient (Wildman–Crippen LogP) is 2.16. The smallest absolute Gasteiger partial charge is 0.176 e. The second-order valence-electron chi connectivity index (χ2n) is 5.76. The molecule has 0 N–H and O–H groups in total. The van der Waals surface area contributed by atoms with E-state index in [-0.39, 0.29) is 5.78 Å². The average Bonchev–Trinajstić information content (AvgIpc) is 2.68. The molecular formula is C17H23N3O. The van der Waals surface area contributed by atoms with Gasteiger partial charge in [0.15, 0.2) is 5.78 Å². The average molecular weight is 285 g/mol. The van der Waals surface area contributed by atoms with Crippen LogP contribution >= 0.6 is 0 Å². The third-order valence-electron chi connectivity index (χ3n) is 4.18. The first kappa shape index (κ1) is 15.7. The summed E-state index contributed by atoms with van der Waals surface area (Å²) >= 11 is 0. The number of carbonyl (C=O) groups excluding carboxylic acids is 1. The maximum absolute atomic E-state index is 12.4. The molecule has 2 rings (SSSR count). The summed E-state index contributed by atoms with van der Waals surface area (Å²) in [5, 5.41) is 8.80. The van der Waals surface area contributed by atoms with Crippen LogP contribution in [-0.4, -0.2) is 54.9 Å². The lowest BCUT2D eigenvalue weighted by Crippen LogP contribution is -2.42. The van der Waals surface area contributed by atoms with E-state index in [1.807, 2.05) is 0 Å². The molecule has 1 atom stereocenters. The quantitative estimate of drug-likeness (QED) is 0.795. The van der Waals surface area contributed by atoms with Crippen molar-refractivity contribution < 1.29 is 4.79 Å². The maximum atomic E-state index is 12.4. The molecule has 0 radical (unpaired) electrons. The molecule has 1 saturated heterocycles. The number of nitrogens with zero attached hydrogens (tertiary/aromatic N) is 3. The highest BCUT2D eigenvalue weighted by atomic mass is 16.1. The Morgan fingerprint density at radius 2 is 2.05 bits per heavy atom. The minimum Gasteiger partial charge on any atom is -0.305 e. The van der Waals surface area contributed by atoms with Gasteiger partial charge in [0.2, 0.25) is 0 Å². The Labute approximate surface area is 127 Å². The Bertz CT molecular complexity index is 518. The van der Waals surface area contributed by atoms with Crippen molar-refractivity contribution in [3.05, 3.63) is 35.4 Å². The third-order valence-corrected chi connectivity index (χ3v) is 4.18. The van der Waals surface area contributed by atoms with Crippen LogP contribution in [0.15, 0.2) is 24.3 Å². The van der Waals surface area contributed by atoms with E-state index in [0.717, 1.165) is 32.5 Å². The van der Waals surface area contributed by atoms with Gasteiger partial charge in [-0.15, -0.1) is 0 Å². The number of nitriles is 1. The van der Waals surface area contributed by atoms with Gasteiger partial charge in [0.1, 0.15) is 0 Å². The highest BCUT2D eigenvalue weighted by Gasteiger charge is 2.24. The fourth-order valence-electron chi connectivity index (χ4n) is 2.89. The van der Waals surface area contributed by atoms with E-state index in [1.54, 1.807) is 24.3 Å². The molecule has 1 aromatic rings. The van der Waals surface area contributed by atoms with Crippen LogP contribution in [0.5, 0.6) is 0 Å². The summed E-state index contributed by atoms with van der Waals surface area (Å²) in [6.07, 6.45) is 2.17. The summed E-state index contributed by atoms with van der Waals surface area (Å²) in [5.41, 5.74) is 1.29. The van der Waals surface area contributed by atoms with E-state index >= 15 is 0 Å². The molecule has 0 aromatic heterocycles. The molecule has 0 aliphatic carbocycles. The topological polar surface area (TPSA) is 47.3 Å². The van der Waals surface area contributed by atoms with Crippen molar-refractivity contribution >= 4 is 5.78 Å². The molecule has 0 spiro atoms. The molecule has 0 bridgehead atoms. The summed E-state index contributed by atoms with van der Waals surface area (Å²) in [6.45, 7) is 5.75. The highest BCUT2D eigenvalue weighted by molar-refractivity contribution is 5.97. The second-order valence-corrected chi connectivity index (χ2v) is 5.76. The summed E-state index contributed by atoms with van der Waals surface area (Å²) in [6, 6.07) is 9.45. The molecule has 4 nitrogen and oxygen atoms in total. The van der Waals surface area contributed by atoms with Gasteiger partial charge in [0, 0.05) is 24.7 Å². The molecule has 1 unspecified atom stereocenters. The second kappa shape index (κ2) is 7.35. The normalized spacial score (nSPS) is 20.7. The third kappa shape index (κ3) is 4.13. The molecular weight excluding hydrogens is 262 g/mol. The SMILES string of the molecule is CCC1CN(C)CCCN1CC(=O)c1ccc(C#N)cc1. The number of benzene rings is 1. The number of carbonyl (C=O) groups is 1. The lowest BCUT2D eigenvalue weighted by atomic mass is 10.1. The molecule has 1 heterocycles. The van der Waals surface area contributed by atoms with Gasteiger partial charge in [0.05, 0.1) is 18.2 Å². The largest absolute Gasteiger partial charge is 0.305 e. The van der Waals surface area contributed by atoms with E-state index in [2.05, 4.69) is 29.8 Å². The van der Waals surface area contributed by atoms with Crippen LogP contribution < -0.4 is 0 Å². The fourth-order valence-corrected chi connectivity index (χ4v) is 2.89. The van der Waals surface area contributed by atoms with Crippen molar-refractivity contribution in [2.75, 3.05) is 33.2 Å². The van der Waals surface area contributed by atoms with E-state index in [1.165, 1.54) is 0 Å². The lowest BCUT2D eigenvalue weighted by Gasteiger charge is -2.29. The standard InChI is InChI=1S/C17H23N3O/c1-3-16-12-19(2)9-4-10-20(16)13-17(21)15-7-5-14(11-18)6-8-15/h5-8,16H,3-4,9-10,12-13H2,1-2H3. The van der Waals surface area contributed by atoms with E-state index in [9.17, 15) is 4.79 Å². The van der Waals surface area contributed by atoms with Crippen LogP contribution in [-0.2, 0) is 0 Å². The van der Waals surface area contributed by atoms with E-state index in [4.69, 9.17) is 5.26 Å². The lowest BCUT2D eigenvalue weighted by molar-refractivity contribution is 0.0888. The first-order valence-corrected chi connectivity index (χ1v) is 7.60. The van der Waals surface area contributed by atoms with Crippen LogP contribution in [0.2, 0.25) is 0 Å². The summed E-state index contributed by atoms with van der Waals surface area (Å²) in [5.74, 6) is 0.141. The first-order chi connectivity index (χ1) is 10.1. The molecule has 1 aliphatic heterocycles. The number of rotatable bonds is 4. The van der Waals surface area contributed by atoms with Gasteiger partial charge < -0.3 is 4.90 Å². The van der Waals surface area contributed by atoms with Gasteiger partial charge in [0.25, 0.3) is 0 Å². The summed E-state index contributed by atoms with van der Waals surface area (Å²) in [4.78, 5) is 17.1. The molecule has 1 aliphatic rings. The number of Topliss-reactive ketones (excluding diaryl/α,β-unsaturated/α-hetero) is 1. The Hall–Kier alpha value is -1.70. The van der Waals surface area contributed by atoms with Crippen molar-refractivity contribution in [1.29, 1.82) is 5.26 Å². The van der Waals surface area contributed by atoms with Crippen molar-refractivity contribution in [2.24, 2.45) is 0 Å². The number of likely N-dealkylation sites (N-methyl/N-ethyl adjacent to an activating group) is 1. The van der Waals surface area contributed by atoms with Gasteiger partial charge in [-0.05, 0) is 38.6 Å². The number of hydrogen-bond donors (Lipinski definition) is 0. The summed E-state index contributed by atoms with van der Waals surface area (Å²) < 4.78 is 0. The van der Waals surface area contributed by atoms with E-state index in [0.29, 0.717) is 23.7 Å². The number of hydrogen-bond acceptors (Lipinski definition) is 4. The van der Waals surface area contributed by atoms with Gasteiger partial charge >= 0.3 is 0 Å². The van der Waals surface area contributed by atoms with Gasteiger partial charge in [-0.25, -0.2) is 0 Å². The Morgan fingerprint density at radius 3 is 2.67 bits per heavy atom. The maximum Gasteiger partial charge on any atom is 0.176 e. The highest BCUT2D eigenvalue weighted by Crippen LogP contribution is 2.13. The monoisotopic (exact) mass is 285 g/mol. The van der Waals surface area contributed by atoms with Crippen LogP contribution in [0.1, 0.15) is 35.7 Å². The van der Waals surface area contributed by atoms with Crippen molar-refractivity contribution in [2.45, 2.75) is 25.8 Å². The van der Waals surface area contributed by atoms with Crippen molar-refractivity contribution in [3.8, 4) is 6.07 Å². The van der Waals surface area contributed by atoms with Crippen molar-refractivity contribution in [1.82, 2.24) is 9.80 Å². The molecule has 0 amide bonds. The Kier molecular flexibility index (Phi) is 5.49. The predicted molar refractivity (Wildman–Crippen MR) is 83.3 cm³/mol. The summed E-state index contributed by atoms with van der Waals surface area (Å²) in [7, 11) is 2.15. The molecule has 21 heavy (non-hydrogen) atoms. The number of ketones is 1. The van der Waals surface area contributed by atoms with Crippen LogP contribution in [0, 0.1) is 11.3 Å². The Morgan fingerprint density at radius 1 is 1.33 bits per heavy atom. The Balaban J connectivity index is 2.04. The van der Waals surface area contributed by atoms with Crippen molar-refractivity contribution in [3.63, 3.8) is 0 Å². The molecule has 0 saturated carbocycles. The van der Waals surface area contributed by atoms with Crippen LogP contribution in [0.4, 0.5) is 0 Å². The minimum absolute atomic E-state index is 0.141. The van der Waals surface area contributed by atoms with Gasteiger partial charge in [-0.3, -0.25) is 9.69 Å². The van der Waals surface area contributed by atoms with Crippen LogP contribution in [0.3, 0.4) is 0 Å². The molecule has 1 aromatic carbocycles. The van der Waals surface area contributed by atoms with Gasteiger partial charge in [-0.1, -0.05) is 19.1 Å². The zero-order chi connectivity index (χ0) is 15.2. The van der Waals surface area contributed by atoms with Crippen LogP contribution in [0.25, 0.3) is 0 Å². The molecule has 4 heteroatoms. The minimum atomic E-state index is 0.141. The fraction of sp³-hybridized carbons (Fsp3) is 0.529.